The van der Waals surface area contributed by atoms with E-state index in [1.54, 1.807) is 0 Å². The van der Waals surface area contributed by atoms with Crippen LogP contribution in [0.5, 0.6) is 11.5 Å². The molecule has 0 atom stereocenters. The van der Waals surface area contributed by atoms with Gasteiger partial charge in [0.2, 0.25) is 0 Å². The first-order chi connectivity index (χ1) is 34.6. The van der Waals surface area contributed by atoms with E-state index >= 15 is 0 Å². The average Bonchev–Trinajstić information content (AvgIpc) is 3.38. The second-order valence-corrected chi connectivity index (χ2v) is 15.9. The molecule has 0 aromatic heterocycles. The SMILES string of the molecule is C=COCCCCOc1c(/C=C/c2ccc(/C=C/c3ccc(CCCCOOC=C)c(CCCCOOC=C)c3CCCCOOC=C)cc2)ccc(CCCCOOC=C)c1OCCCCOC=C. The summed E-state index contributed by atoms with van der Waals surface area (Å²) in [4.78, 5) is 40.3. The van der Waals surface area contributed by atoms with Crippen LogP contribution >= 0.6 is 0 Å². The first kappa shape index (κ1) is 58.1. The van der Waals surface area contributed by atoms with Gasteiger partial charge < -0.3 is 38.5 Å². The molecule has 0 bridgehead atoms. The first-order valence-electron chi connectivity index (χ1n) is 24.6. The standard InChI is InChI=1S/C58H78O12/c1-7-59-41-21-23-43-61-57-53(26-14-18-46-68-64-10-4)39-40-54(58(57)62-44-24-22-42-60-8-2)36-34-50-31-29-49(30-32-50)33-35-52-38-37-51(25-13-17-45-67-63-9-3)55(27-15-19-47-69-65-11-5)56(52)28-16-20-48-70-66-12-6/h7-12,29-40H,1-6,13-28,41-48H2/b35-33+,36-34+. The molecular weight excluding hydrogens is 889 g/mol. The van der Waals surface area contributed by atoms with Gasteiger partial charge in [0.05, 0.1) is 65.4 Å². The number of benzene rings is 3. The Morgan fingerprint density at radius 2 is 0.700 bits per heavy atom. The van der Waals surface area contributed by atoms with Crippen LogP contribution in [0.15, 0.2) is 126 Å². The lowest BCUT2D eigenvalue weighted by molar-refractivity contribution is -0.248. The second-order valence-electron chi connectivity index (χ2n) is 15.9. The number of aryl methyl sites for hydroxylation is 2. The summed E-state index contributed by atoms with van der Waals surface area (Å²) in [5.74, 6) is 1.49. The van der Waals surface area contributed by atoms with Gasteiger partial charge in [0.15, 0.2) is 11.5 Å². The van der Waals surface area contributed by atoms with Gasteiger partial charge in [-0.2, -0.15) is 19.6 Å². The maximum Gasteiger partial charge on any atom is 0.168 e. The van der Waals surface area contributed by atoms with E-state index in [0.29, 0.717) is 52.9 Å². The first-order valence-corrected chi connectivity index (χ1v) is 24.6. The summed E-state index contributed by atoms with van der Waals surface area (Å²) in [6.45, 7) is 25.6. The van der Waals surface area contributed by atoms with Crippen LogP contribution in [0.3, 0.4) is 0 Å². The third-order valence-corrected chi connectivity index (χ3v) is 10.9. The van der Waals surface area contributed by atoms with Crippen molar-refractivity contribution < 1.29 is 58.0 Å². The highest BCUT2D eigenvalue weighted by atomic mass is 17.2. The van der Waals surface area contributed by atoms with Crippen LogP contribution in [-0.2, 0) is 74.3 Å². The topological polar surface area (TPSA) is 111 Å². The quantitative estimate of drug-likeness (QED) is 0.0177. The predicted molar refractivity (Wildman–Crippen MR) is 280 cm³/mol. The van der Waals surface area contributed by atoms with Crippen molar-refractivity contribution in [2.24, 2.45) is 0 Å². The minimum atomic E-state index is 0.464. The molecule has 70 heavy (non-hydrogen) atoms. The molecule has 0 fully saturated rings. The highest BCUT2D eigenvalue weighted by molar-refractivity contribution is 5.77. The van der Waals surface area contributed by atoms with Crippen molar-refractivity contribution in [2.45, 2.75) is 103 Å². The summed E-state index contributed by atoms with van der Waals surface area (Å²) in [7, 11) is 0. The number of ether oxygens (including phenoxy) is 4. The fourth-order valence-corrected chi connectivity index (χ4v) is 7.45. The van der Waals surface area contributed by atoms with Gasteiger partial charge in [0.1, 0.15) is 25.0 Å². The van der Waals surface area contributed by atoms with E-state index < -0.39 is 0 Å². The number of unbranched alkanes of at least 4 members (excludes halogenated alkanes) is 6. The predicted octanol–water partition coefficient (Wildman–Crippen LogP) is 14.3. The molecule has 0 heterocycles. The van der Waals surface area contributed by atoms with Gasteiger partial charge in [-0.05, 0) is 142 Å². The van der Waals surface area contributed by atoms with E-state index in [9.17, 15) is 0 Å². The van der Waals surface area contributed by atoms with Crippen LogP contribution in [0.1, 0.15) is 122 Å². The molecule has 3 aromatic rings. The van der Waals surface area contributed by atoms with Crippen LogP contribution in [0.25, 0.3) is 24.3 Å². The zero-order valence-corrected chi connectivity index (χ0v) is 41.5. The average molecular weight is 967 g/mol. The minimum absolute atomic E-state index is 0.464. The molecular formula is C58H78O12. The second kappa shape index (κ2) is 39.6. The van der Waals surface area contributed by atoms with Gasteiger partial charge in [0.25, 0.3) is 0 Å². The summed E-state index contributed by atoms with van der Waals surface area (Å²) in [6, 6.07) is 17.3. The van der Waals surface area contributed by atoms with Crippen molar-refractivity contribution in [3.05, 3.63) is 170 Å². The number of hydrogen-bond acceptors (Lipinski definition) is 12. The van der Waals surface area contributed by atoms with Crippen molar-refractivity contribution in [1.82, 2.24) is 0 Å². The molecule has 0 N–H and O–H groups in total. The molecule has 0 saturated carbocycles. The van der Waals surface area contributed by atoms with E-state index in [1.807, 2.05) is 0 Å². The fraction of sp³-hybridized carbons (Fsp3) is 0.414. The maximum absolute atomic E-state index is 6.57. The van der Waals surface area contributed by atoms with E-state index in [4.69, 9.17) is 58.0 Å². The van der Waals surface area contributed by atoms with Crippen LogP contribution in [0, 0.1) is 0 Å². The van der Waals surface area contributed by atoms with Crippen LogP contribution < -0.4 is 9.47 Å². The zero-order chi connectivity index (χ0) is 50.0. The number of rotatable bonds is 46. The Kier molecular flexibility index (Phi) is 32.9. The Hall–Kier alpha value is -6.18. The molecule has 0 aliphatic carbocycles. The summed E-state index contributed by atoms with van der Waals surface area (Å²) in [5.41, 5.74) is 9.42. The van der Waals surface area contributed by atoms with E-state index in [1.165, 1.54) is 59.8 Å². The Morgan fingerprint density at radius 3 is 1.19 bits per heavy atom. The fourth-order valence-electron chi connectivity index (χ4n) is 7.45. The van der Waals surface area contributed by atoms with Crippen LogP contribution in [0.4, 0.5) is 0 Å². The smallest absolute Gasteiger partial charge is 0.168 e. The Morgan fingerprint density at radius 1 is 0.314 bits per heavy atom. The van der Waals surface area contributed by atoms with Gasteiger partial charge in [-0.1, -0.05) is 112 Å². The highest BCUT2D eigenvalue weighted by Crippen LogP contribution is 2.38. The van der Waals surface area contributed by atoms with Gasteiger partial charge in [-0.3, -0.25) is 0 Å². The van der Waals surface area contributed by atoms with E-state index in [-0.39, 0.29) is 0 Å². The normalized spacial score (nSPS) is 11.0. The number of hydrogen-bond donors (Lipinski definition) is 0. The largest absolute Gasteiger partial charge is 0.502 e. The molecule has 382 valence electrons. The third-order valence-electron chi connectivity index (χ3n) is 10.9. The molecule has 0 saturated heterocycles. The molecule has 3 rings (SSSR count). The summed E-state index contributed by atoms with van der Waals surface area (Å²) in [6.07, 6.45) is 30.6. The molecule has 0 unspecified atom stereocenters. The van der Waals surface area contributed by atoms with Crippen molar-refractivity contribution in [3.63, 3.8) is 0 Å². The van der Waals surface area contributed by atoms with Crippen LogP contribution in [0.2, 0.25) is 0 Å². The molecule has 0 aliphatic rings. The van der Waals surface area contributed by atoms with Gasteiger partial charge in [0, 0.05) is 5.56 Å². The molecule has 0 amide bonds. The van der Waals surface area contributed by atoms with Crippen molar-refractivity contribution in [2.75, 3.05) is 52.9 Å². The minimum Gasteiger partial charge on any atom is -0.502 e. The van der Waals surface area contributed by atoms with Crippen molar-refractivity contribution in [1.29, 1.82) is 0 Å². The Balaban J connectivity index is 1.91. The van der Waals surface area contributed by atoms with E-state index in [0.717, 1.165) is 136 Å². The Bertz CT molecular complexity index is 1830. The van der Waals surface area contributed by atoms with Crippen molar-refractivity contribution >= 4 is 24.3 Å². The molecule has 0 spiro atoms. The summed E-state index contributed by atoms with van der Waals surface area (Å²) in [5, 5.41) is 0. The molecule has 0 aliphatic heterocycles. The van der Waals surface area contributed by atoms with Gasteiger partial charge in [-0.15, -0.1) is 0 Å². The molecule has 0 radical (unpaired) electrons. The lowest BCUT2D eigenvalue weighted by atomic mass is 9.87. The highest BCUT2D eigenvalue weighted by Gasteiger charge is 2.17. The monoisotopic (exact) mass is 967 g/mol. The molecule has 12 heteroatoms. The van der Waals surface area contributed by atoms with Gasteiger partial charge >= 0.3 is 0 Å². The summed E-state index contributed by atoms with van der Waals surface area (Å²) < 4.78 is 23.8. The summed E-state index contributed by atoms with van der Waals surface area (Å²) >= 11 is 0. The Labute approximate surface area is 418 Å². The zero-order valence-electron chi connectivity index (χ0n) is 41.5. The lowest BCUT2D eigenvalue weighted by Crippen LogP contribution is -2.08. The van der Waals surface area contributed by atoms with E-state index in [2.05, 4.69) is 112 Å². The molecule has 12 nitrogen and oxygen atoms in total. The lowest BCUT2D eigenvalue weighted by Gasteiger charge is -2.19. The maximum atomic E-state index is 6.57. The van der Waals surface area contributed by atoms with Gasteiger partial charge in [-0.25, -0.2) is 0 Å². The molecule has 3 aromatic carbocycles. The van der Waals surface area contributed by atoms with Crippen molar-refractivity contribution in [3.8, 4) is 11.5 Å². The van der Waals surface area contributed by atoms with Crippen LogP contribution in [-0.4, -0.2) is 52.9 Å². The third kappa shape index (κ3) is 24.9.